The summed E-state index contributed by atoms with van der Waals surface area (Å²) in [5.74, 6) is 5.82. The molecular formula is C15H18O2. The Morgan fingerprint density at radius 1 is 1.29 bits per heavy atom. The van der Waals surface area contributed by atoms with Gasteiger partial charge in [-0.3, -0.25) is 0 Å². The number of benzene rings is 1. The molecule has 0 spiro atoms. The van der Waals surface area contributed by atoms with E-state index in [0.29, 0.717) is 12.2 Å². The highest BCUT2D eigenvalue weighted by molar-refractivity contribution is 5.92. The first-order chi connectivity index (χ1) is 8.29. The van der Waals surface area contributed by atoms with Crippen molar-refractivity contribution in [1.29, 1.82) is 0 Å². The molecular weight excluding hydrogens is 212 g/mol. The fraction of sp³-hybridized carbons (Fsp3) is 0.400. The normalized spacial score (nSPS) is 9.29. The van der Waals surface area contributed by atoms with E-state index >= 15 is 0 Å². The third-order valence-corrected chi connectivity index (χ3v) is 2.30. The van der Waals surface area contributed by atoms with Crippen LogP contribution in [0.2, 0.25) is 0 Å². The van der Waals surface area contributed by atoms with Gasteiger partial charge in [0.25, 0.3) is 0 Å². The zero-order valence-corrected chi connectivity index (χ0v) is 10.5. The lowest BCUT2D eigenvalue weighted by Crippen LogP contribution is -2.06. The van der Waals surface area contributed by atoms with Crippen LogP contribution in [0.3, 0.4) is 0 Å². The van der Waals surface area contributed by atoms with Crippen molar-refractivity contribution >= 4 is 5.97 Å². The lowest BCUT2D eigenvalue weighted by Gasteiger charge is -2.03. The average Bonchev–Trinajstić information content (AvgIpc) is 2.35. The number of rotatable bonds is 4. The molecule has 1 rings (SSSR count). The van der Waals surface area contributed by atoms with Crippen molar-refractivity contribution in [2.45, 2.75) is 33.1 Å². The second-order valence-electron chi connectivity index (χ2n) is 3.67. The molecule has 0 aliphatic heterocycles. The molecule has 0 aliphatic carbocycles. The molecule has 0 saturated heterocycles. The van der Waals surface area contributed by atoms with E-state index in [1.807, 2.05) is 18.2 Å². The third-order valence-electron chi connectivity index (χ3n) is 2.30. The molecule has 0 radical (unpaired) electrons. The van der Waals surface area contributed by atoms with E-state index in [0.717, 1.165) is 24.8 Å². The molecule has 0 aromatic heterocycles. The third kappa shape index (κ3) is 4.32. The summed E-state index contributed by atoms with van der Waals surface area (Å²) in [5.41, 5.74) is 1.31. The highest BCUT2D eigenvalue weighted by Gasteiger charge is 2.09. The van der Waals surface area contributed by atoms with Gasteiger partial charge in [0, 0.05) is 12.0 Å². The molecule has 90 valence electrons. The van der Waals surface area contributed by atoms with Gasteiger partial charge in [-0.1, -0.05) is 37.3 Å². The van der Waals surface area contributed by atoms with Crippen molar-refractivity contribution in [1.82, 2.24) is 0 Å². The van der Waals surface area contributed by atoms with Crippen LogP contribution in [0.5, 0.6) is 0 Å². The summed E-state index contributed by atoms with van der Waals surface area (Å²) in [6.07, 6.45) is 3.09. The molecule has 0 heterocycles. The SMILES string of the molecule is CCCCC#Cc1ccccc1C(=O)OCC. The fourth-order valence-corrected chi connectivity index (χ4v) is 1.40. The van der Waals surface area contributed by atoms with E-state index in [-0.39, 0.29) is 5.97 Å². The number of ether oxygens (including phenoxy) is 1. The second kappa shape index (κ2) is 7.51. The second-order valence-corrected chi connectivity index (χ2v) is 3.67. The number of unbranched alkanes of at least 4 members (excludes halogenated alkanes) is 2. The van der Waals surface area contributed by atoms with E-state index in [9.17, 15) is 4.79 Å². The van der Waals surface area contributed by atoms with Crippen molar-refractivity contribution in [3.8, 4) is 11.8 Å². The summed E-state index contributed by atoms with van der Waals surface area (Å²) >= 11 is 0. The molecule has 2 nitrogen and oxygen atoms in total. The average molecular weight is 230 g/mol. The van der Waals surface area contributed by atoms with Crippen LogP contribution in [0, 0.1) is 11.8 Å². The molecule has 0 atom stereocenters. The van der Waals surface area contributed by atoms with Crippen LogP contribution < -0.4 is 0 Å². The molecule has 0 bridgehead atoms. The molecule has 0 amide bonds. The highest BCUT2D eigenvalue weighted by Crippen LogP contribution is 2.09. The Morgan fingerprint density at radius 2 is 2.06 bits per heavy atom. The van der Waals surface area contributed by atoms with Crippen LogP contribution in [0.25, 0.3) is 0 Å². The first-order valence-electron chi connectivity index (χ1n) is 6.04. The predicted octanol–water partition coefficient (Wildman–Crippen LogP) is 3.41. The number of carbonyl (C=O) groups excluding carboxylic acids is 1. The van der Waals surface area contributed by atoms with E-state index in [2.05, 4.69) is 18.8 Å². The molecule has 0 N–H and O–H groups in total. The maximum absolute atomic E-state index is 11.7. The predicted molar refractivity (Wildman–Crippen MR) is 68.8 cm³/mol. The smallest absolute Gasteiger partial charge is 0.339 e. The van der Waals surface area contributed by atoms with Gasteiger partial charge in [0.1, 0.15) is 0 Å². The van der Waals surface area contributed by atoms with Gasteiger partial charge in [-0.2, -0.15) is 0 Å². The van der Waals surface area contributed by atoms with Crippen LogP contribution in [0.15, 0.2) is 24.3 Å². The molecule has 17 heavy (non-hydrogen) atoms. The quantitative estimate of drug-likeness (QED) is 0.450. The maximum atomic E-state index is 11.7. The fourth-order valence-electron chi connectivity index (χ4n) is 1.40. The van der Waals surface area contributed by atoms with Crippen LogP contribution >= 0.6 is 0 Å². The number of esters is 1. The number of hydrogen-bond acceptors (Lipinski definition) is 2. The van der Waals surface area contributed by atoms with E-state index in [4.69, 9.17) is 4.74 Å². The Labute approximate surface area is 103 Å². The largest absolute Gasteiger partial charge is 0.462 e. The van der Waals surface area contributed by atoms with Crippen LogP contribution in [-0.4, -0.2) is 12.6 Å². The van der Waals surface area contributed by atoms with Crippen molar-refractivity contribution in [3.63, 3.8) is 0 Å². The molecule has 1 aromatic rings. The molecule has 0 aliphatic rings. The summed E-state index contributed by atoms with van der Waals surface area (Å²) in [6, 6.07) is 7.31. The molecule has 2 heteroatoms. The zero-order chi connectivity index (χ0) is 12.5. The minimum atomic E-state index is -0.298. The summed E-state index contributed by atoms with van der Waals surface area (Å²) < 4.78 is 4.99. The van der Waals surface area contributed by atoms with Gasteiger partial charge in [0.2, 0.25) is 0 Å². The number of carbonyl (C=O) groups is 1. The van der Waals surface area contributed by atoms with Gasteiger partial charge in [0.15, 0.2) is 0 Å². The summed E-state index contributed by atoms with van der Waals surface area (Å²) in [4.78, 5) is 11.7. The van der Waals surface area contributed by atoms with Gasteiger partial charge < -0.3 is 4.74 Å². The monoisotopic (exact) mass is 230 g/mol. The van der Waals surface area contributed by atoms with Crippen molar-refractivity contribution < 1.29 is 9.53 Å². The Balaban J connectivity index is 2.83. The Bertz CT molecular complexity index is 424. The molecule has 1 aromatic carbocycles. The number of hydrogen-bond donors (Lipinski definition) is 0. The van der Waals surface area contributed by atoms with E-state index in [1.54, 1.807) is 13.0 Å². The van der Waals surface area contributed by atoms with Crippen LogP contribution in [-0.2, 0) is 4.74 Å². The Kier molecular flexibility index (Phi) is 5.88. The Hall–Kier alpha value is -1.75. The van der Waals surface area contributed by atoms with E-state index in [1.165, 1.54) is 0 Å². The van der Waals surface area contributed by atoms with Crippen LogP contribution in [0.1, 0.15) is 49.0 Å². The standard InChI is InChI=1S/C15H18O2/c1-3-5-6-7-10-13-11-8-9-12-14(13)15(16)17-4-2/h8-9,11-12H,3-6H2,1-2H3. The Morgan fingerprint density at radius 3 is 2.76 bits per heavy atom. The summed E-state index contributed by atoms with van der Waals surface area (Å²) in [7, 11) is 0. The minimum absolute atomic E-state index is 0.298. The van der Waals surface area contributed by atoms with Crippen molar-refractivity contribution in [3.05, 3.63) is 35.4 Å². The minimum Gasteiger partial charge on any atom is -0.462 e. The van der Waals surface area contributed by atoms with Gasteiger partial charge >= 0.3 is 5.97 Å². The van der Waals surface area contributed by atoms with E-state index < -0.39 is 0 Å². The highest BCUT2D eigenvalue weighted by atomic mass is 16.5. The van der Waals surface area contributed by atoms with Gasteiger partial charge in [-0.15, -0.1) is 0 Å². The van der Waals surface area contributed by atoms with Crippen LogP contribution in [0.4, 0.5) is 0 Å². The molecule has 0 fully saturated rings. The molecule has 0 unspecified atom stereocenters. The van der Waals surface area contributed by atoms with Crippen molar-refractivity contribution in [2.24, 2.45) is 0 Å². The topological polar surface area (TPSA) is 26.3 Å². The zero-order valence-electron chi connectivity index (χ0n) is 10.5. The lowest BCUT2D eigenvalue weighted by molar-refractivity contribution is 0.0526. The molecule has 0 saturated carbocycles. The van der Waals surface area contributed by atoms with Gasteiger partial charge in [0.05, 0.1) is 12.2 Å². The maximum Gasteiger partial charge on any atom is 0.339 e. The van der Waals surface area contributed by atoms with Gasteiger partial charge in [-0.25, -0.2) is 4.79 Å². The first kappa shape index (κ1) is 13.3. The summed E-state index contributed by atoms with van der Waals surface area (Å²) in [5, 5.41) is 0. The van der Waals surface area contributed by atoms with Crippen molar-refractivity contribution in [2.75, 3.05) is 6.61 Å². The van der Waals surface area contributed by atoms with Gasteiger partial charge in [-0.05, 0) is 25.5 Å². The summed E-state index contributed by atoms with van der Waals surface area (Å²) in [6.45, 7) is 4.32. The lowest BCUT2D eigenvalue weighted by atomic mass is 10.1. The first-order valence-corrected chi connectivity index (χ1v) is 6.04.